The van der Waals surface area contributed by atoms with Crippen LogP contribution in [0.25, 0.3) is 0 Å². The third kappa shape index (κ3) is 5.18. The van der Waals surface area contributed by atoms with Crippen molar-refractivity contribution in [3.8, 4) is 0 Å². The third-order valence-corrected chi connectivity index (χ3v) is 3.14. The summed E-state index contributed by atoms with van der Waals surface area (Å²) in [5.41, 5.74) is 0. The van der Waals surface area contributed by atoms with Gasteiger partial charge in [0.15, 0.2) is 5.82 Å². The summed E-state index contributed by atoms with van der Waals surface area (Å²) in [7, 11) is 1.81. The molecule has 1 saturated carbocycles. The van der Waals surface area contributed by atoms with E-state index in [0.717, 1.165) is 24.5 Å². The maximum Gasteiger partial charge on any atom is 0.223 e. The van der Waals surface area contributed by atoms with Crippen LogP contribution in [0.5, 0.6) is 0 Å². The average molecular weight is 293 g/mol. The minimum Gasteiger partial charge on any atom is -0.374 e. The van der Waals surface area contributed by atoms with Crippen LogP contribution in [0, 0.1) is 5.92 Å². The Kier molecular flexibility index (Phi) is 5.74. The second-order valence-electron chi connectivity index (χ2n) is 4.93. The highest BCUT2D eigenvalue weighted by molar-refractivity contribution is 5.80. The van der Waals surface area contributed by atoms with Crippen LogP contribution < -0.4 is 16.0 Å². The van der Waals surface area contributed by atoms with Gasteiger partial charge < -0.3 is 20.7 Å². The molecule has 7 nitrogen and oxygen atoms in total. The molecule has 1 heterocycles. The Morgan fingerprint density at radius 3 is 2.76 bits per heavy atom. The van der Waals surface area contributed by atoms with Gasteiger partial charge in [0.2, 0.25) is 5.91 Å². The van der Waals surface area contributed by atoms with Gasteiger partial charge in [-0.1, -0.05) is 0 Å². The molecule has 1 aliphatic rings. The van der Waals surface area contributed by atoms with Crippen molar-refractivity contribution in [2.45, 2.75) is 26.4 Å². The molecule has 1 aromatic heterocycles. The van der Waals surface area contributed by atoms with Crippen molar-refractivity contribution in [1.82, 2.24) is 15.3 Å². The van der Waals surface area contributed by atoms with Crippen LogP contribution >= 0.6 is 0 Å². The number of carbonyl (C=O) groups excluding carboxylic acids is 1. The summed E-state index contributed by atoms with van der Waals surface area (Å²) in [5.74, 6) is 2.51. The van der Waals surface area contributed by atoms with Crippen molar-refractivity contribution >= 4 is 17.5 Å². The quantitative estimate of drug-likeness (QED) is 0.589. The number of nitrogens with zero attached hydrogens (tertiary/aromatic N) is 2. The summed E-state index contributed by atoms with van der Waals surface area (Å²) >= 11 is 0. The molecule has 0 unspecified atom stereocenters. The van der Waals surface area contributed by atoms with Gasteiger partial charge in [-0.15, -0.1) is 0 Å². The number of hydrogen-bond donors (Lipinski definition) is 3. The van der Waals surface area contributed by atoms with E-state index < -0.39 is 0 Å². The van der Waals surface area contributed by atoms with Crippen molar-refractivity contribution in [3.63, 3.8) is 0 Å². The lowest BCUT2D eigenvalue weighted by molar-refractivity contribution is -0.122. The van der Waals surface area contributed by atoms with Crippen LogP contribution in [-0.4, -0.2) is 42.6 Å². The van der Waals surface area contributed by atoms with Crippen molar-refractivity contribution < 1.29 is 9.53 Å². The van der Waals surface area contributed by atoms with E-state index in [-0.39, 0.29) is 11.8 Å². The van der Waals surface area contributed by atoms with Gasteiger partial charge in [0.05, 0.1) is 0 Å². The Hall–Kier alpha value is -1.89. The molecule has 1 amide bonds. The maximum absolute atomic E-state index is 11.5. The molecule has 0 aliphatic heterocycles. The van der Waals surface area contributed by atoms with E-state index in [1.54, 1.807) is 0 Å². The van der Waals surface area contributed by atoms with Gasteiger partial charge in [-0.05, 0) is 19.8 Å². The van der Waals surface area contributed by atoms with Gasteiger partial charge in [-0.2, -0.15) is 0 Å². The lowest BCUT2D eigenvalue weighted by Crippen LogP contribution is -2.30. The fourth-order valence-electron chi connectivity index (χ4n) is 1.84. The second-order valence-corrected chi connectivity index (χ2v) is 4.93. The van der Waals surface area contributed by atoms with Crippen LogP contribution in [-0.2, 0) is 16.1 Å². The minimum atomic E-state index is 0.160. The van der Waals surface area contributed by atoms with Crippen molar-refractivity contribution in [2.24, 2.45) is 5.92 Å². The Balaban J connectivity index is 1.81. The van der Waals surface area contributed by atoms with E-state index >= 15 is 0 Å². The Labute approximate surface area is 124 Å². The van der Waals surface area contributed by atoms with Crippen LogP contribution in [0.3, 0.4) is 0 Å². The Morgan fingerprint density at radius 1 is 1.33 bits per heavy atom. The molecular formula is C14H23N5O2. The number of hydrogen-bond acceptors (Lipinski definition) is 6. The van der Waals surface area contributed by atoms with Gasteiger partial charge in [0.1, 0.15) is 18.2 Å². The van der Waals surface area contributed by atoms with Crippen LogP contribution in [0.2, 0.25) is 0 Å². The van der Waals surface area contributed by atoms with Gasteiger partial charge in [-0.3, -0.25) is 4.79 Å². The molecule has 116 valence electrons. The number of amides is 1. The highest BCUT2D eigenvalue weighted by atomic mass is 16.5. The summed E-state index contributed by atoms with van der Waals surface area (Å²) in [5, 5.41) is 9.10. The largest absolute Gasteiger partial charge is 0.374 e. The molecule has 1 aromatic rings. The van der Waals surface area contributed by atoms with Crippen molar-refractivity contribution in [2.75, 3.05) is 37.4 Å². The predicted molar refractivity (Wildman–Crippen MR) is 81.1 cm³/mol. The Morgan fingerprint density at radius 2 is 2.10 bits per heavy atom. The SMILES string of the molecule is CCOCc1nc(NC)cc(NCCNC(=O)C2CC2)n1. The molecule has 0 atom stereocenters. The summed E-state index contributed by atoms with van der Waals surface area (Å²) < 4.78 is 5.33. The normalized spacial score (nSPS) is 13.8. The van der Waals surface area contributed by atoms with E-state index in [9.17, 15) is 4.79 Å². The first-order chi connectivity index (χ1) is 10.2. The molecule has 1 fully saturated rings. The standard InChI is InChI=1S/C14H23N5O2/c1-3-21-9-13-18-11(15-2)8-12(19-13)16-6-7-17-14(20)10-4-5-10/h8,10H,3-7,9H2,1-2H3,(H,17,20)(H2,15,16,18,19). The zero-order chi connectivity index (χ0) is 15.1. The minimum absolute atomic E-state index is 0.160. The van der Waals surface area contributed by atoms with E-state index in [0.29, 0.717) is 32.1 Å². The summed E-state index contributed by atoms with van der Waals surface area (Å²) in [6.45, 7) is 4.17. The van der Waals surface area contributed by atoms with E-state index in [4.69, 9.17) is 4.74 Å². The predicted octanol–water partition coefficient (Wildman–Crippen LogP) is 0.993. The molecule has 0 radical (unpaired) electrons. The van der Waals surface area contributed by atoms with Crippen LogP contribution in [0.1, 0.15) is 25.6 Å². The van der Waals surface area contributed by atoms with Gasteiger partial charge >= 0.3 is 0 Å². The van der Waals surface area contributed by atoms with Crippen LogP contribution in [0.4, 0.5) is 11.6 Å². The molecule has 1 aliphatic carbocycles. The lowest BCUT2D eigenvalue weighted by atomic mass is 10.4. The smallest absolute Gasteiger partial charge is 0.223 e. The average Bonchev–Trinajstić information content (AvgIpc) is 3.34. The number of nitrogens with one attached hydrogen (secondary N) is 3. The van der Waals surface area contributed by atoms with Gasteiger partial charge in [0, 0.05) is 38.7 Å². The fourth-order valence-corrected chi connectivity index (χ4v) is 1.84. The molecule has 0 spiro atoms. The van der Waals surface area contributed by atoms with Gasteiger partial charge in [0.25, 0.3) is 0 Å². The molecule has 7 heteroatoms. The van der Waals surface area contributed by atoms with E-state index in [1.807, 2.05) is 20.0 Å². The van der Waals surface area contributed by atoms with Crippen molar-refractivity contribution in [3.05, 3.63) is 11.9 Å². The second kappa shape index (κ2) is 7.78. The first kappa shape index (κ1) is 15.5. The first-order valence-electron chi connectivity index (χ1n) is 7.38. The molecule has 21 heavy (non-hydrogen) atoms. The summed E-state index contributed by atoms with van der Waals surface area (Å²) in [4.78, 5) is 20.2. The topological polar surface area (TPSA) is 88.2 Å². The Bertz CT molecular complexity index is 476. The monoisotopic (exact) mass is 293 g/mol. The third-order valence-electron chi connectivity index (χ3n) is 3.14. The van der Waals surface area contributed by atoms with Gasteiger partial charge in [-0.25, -0.2) is 9.97 Å². The molecule has 0 saturated heterocycles. The molecule has 3 N–H and O–H groups in total. The number of carbonyl (C=O) groups is 1. The molecule has 0 aromatic carbocycles. The van der Waals surface area contributed by atoms with Crippen LogP contribution in [0.15, 0.2) is 6.07 Å². The highest BCUT2D eigenvalue weighted by Gasteiger charge is 2.28. The summed E-state index contributed by atoms with van der Waals surface area (Å²) in [6.07, 6.45) is 2.05. The highest BCUT2D eigenvalue weighted by Crippen LogP contribution is 2.28. The fraction of sp³-hybridized carbons (Fsp3) is 0.643. The van der Waals surface area contributed by atoms with Crippen molar-refractivity contribution in [1.29, 1.82) is 0 Å². The first-order valence-corrected chi connectivity index (χ1v) is 7.38. The molecule has 0 bridgehead atoms. The lowest BCUT2D eigenvalue weighted by Gasteiger charge is -2.10. The number of rotatable bonds is 9. The van der Waals surface area contributed by atoms with E-state index in [2.05, 4.69) is 25.9 Å². The van der Waals surface area contributed by atoms with E-state index in [1.165, 1.54) is 0 Å². The number of ether oxygens (including phenoxy) is 1. The number of anilines is 2. The maximum atomic E-state index is 11.5. The molecular weight excluding hydrogens is 270 g/mol. The number of aromatic nitrogens is 2. The zero-order valence-electron chi connectivity index (χ0n) is 12.6. The zero-order valence-corrected chi connectivity index (χ0v) is 12.6. The summed E-state index contributed by atoms with van der Waals surface area (Å²) in [6, 6.07) is 1.83. The molecule has 2 rings (SSSR count).